The maximum absolute atomic E-state index is 10.4. The highest BCUT2D eigenvalue weighted by molar-refractivity contribution is 5.73. The van der Waals surface area contributed by atoms with Gasteiger partial charge in [0.05, 0.1) is 0 Å². The Morgan fingerprint density at radius 3 is 1.53 bits per heavy atom. The first-order chi connectivity index (χ1) is 7.13. The minimum absolute atomic E-state index is 0.267. The number of carbonyl (C=O) groups is 2. The van der Waals surface area contributed by atoms with Gasteiger partial charge in [0.25, 0.3) is 0 Å². The maximum atomic E-state index is 10.4. The molecule has 0 aliphatic rings. The van der Waals surface area contributed by atoms with Crippen LogP contribution in [-0.4, -0.2) is 25.0 Å². The highest BCUT2D eigenvalue weighted by Crippen LogP contribution is 1.98. The van der Waals surface area contributed by atoms with Gasteiger partial charge in [0.1, 0.15) is 0 Å². The van der Waals surface area contributed by atoms with Crippen LogP contribution in [0, 0.1) is 0 Å². The summed E-state index contributed by atoms with van der Waals surface area (Å²) in [7, 11) is 0. The number of primary amides is 2. The number of ether oxygens (including phenoxy) is 1. The van der Waals surface area contributed by atoms with Crippen LogP contribution in [0.2, 0.25) is 0 Å². The molecule has 0 rings (SSSR count). The zero-order valence-corrected chi connectivity index (χ0v) is 9.04. The summed E-state index contributed by atoms with van der Waals surface area (Å²) >= 11 is 0. The van der Waals surface area contributed by atoms with Gasteiger partial charge >= 0.3 is 0 Å². The van der Waals surface area contributed by atoms with Crippen LogP contribution < -0.4 is 11.5 Å². The molecule has 0 bridgehead atoms. The fraction of sp³-hybridized carbons (Fsp3) is 0.800. The van der Waals surface area contributed by atoms with Crippen molar-refractivity contribution >= 4 is 11.8 Å². The van der Waals surface area contributed by atoms with Gasteiger partial charge in [-0.05, 0) is 25.7 Å². The van der Waals surface area contributed by atoms with Gasteiger partial charge in [-0.25, -0.2) is 0 Å². The molecule has 0 unspecified atom stereocenters. The van der Waals surface area contributed by atoms with Gasteiger partial charge in [0.2, 0.25) is 11.8 Å². The molecule has 0 spiro atoms. The Morgan fingerprint density at radius 1 is 0.800 bits per heavy atom. The smallest absolute Gasteiger partial charge is 0.217 e. The Hall–Kier alpha value is -1.10. The second-order valence-electron chi connectivity index (χ2n) is 3.46. The first kappa shape index (κ1) is 13.9. The summed E-state index contributed by atoms with van der Waals surface area (Å²) in [5.74, 6) is -0.534. The van der Waals surface area contributed by atoms with Gasteiger partial charge in [-0.1, -0.05) is 0 Å². The largest absolute Gasteiger partial charge is 0.381 e. The highest BCUT2D eigenvalue weighted by atomic mass is 16.5. The molecule has 0 aliphatic carbocycles. The van der Waals surface area contributed by atoms with Gasteiger partial charge in [0.15, 0.2) is 0 Å². The molecule has 0 heterocycles. The molecule has 88 valence electrons. The second-order valence-corrected chi connectivity index (χ2v) is 3.46. The SMILES string of the molecule is NC(=O)CCCCOCCCCC(N)=O. The Balaban J connectivity index is 2.99. The zero-order valence-electron chi connectivity index (χ0n) is 9.04. The molecule has 0 fully saturated rings. The molecule has 0 aromatic rings. The first-order valence-corrected chi connectivity index (χ1v) is 5.27. The third-order valence-electron chi connectivity index (χ3n) is 1.92. The molecule has 15 heavy (non-hydrogen) atoms. The van der Waals surface area contributed by atoms with Gasteiger partial charge in [-0.2, -0.15) is 0 Å². The van der Waals surface area contributed by atoms with Crippen LogP contribution in [0.1, 0.15) is 38.5 Å². The van der Waals surface area contributed by atoms with Crippen LogP contribution in [0.15, 0.2) is 0 Å². The number of amides is 2. The predicted molar refractivity (Wildman–Crippen MR) is 56.9 cm³/mol. The molecule has 0 aromatic carbocycles. The fourth-order valence-electron chi connectivity index (χ4n) is 1.11. The average Bonchev–Trinajstić information content (AvgIpc) is 2.14. The number of nitrogens with two attached hydrogens (primary N) is 2. The van der Waals surface area contributed by atoms with Crippen LogP contribution in [0.4, 0.5) is 0 Å². The van der Waals surface area contributed by atoms with Crippen molar-refractivity contribution in [3.05, 3.63) is 0 Å². The summed E-state index contributed by atoms with van der Waals surface area (Å²) in [6, 6.07) is 0. The van der Waals surface area contributed by atoms with E-state index in [2.05, 4.69) is 0 Å². The van der Waals surface area contributed by atoms with Crippen LogP contribution >= 0.6 is 0 Å². The second kappa shape index (κ2) is 9.45. The molecule has 4 N–H and O–H groups in total. The summed E-state index contributed by atoms with van der Waals surface area (Å²) in [4.78, 5) is 20.7. The number of unbranched alkanes of at least 4 members (excludes halogenated alkanes) is 2. The minimum atomic E-state index is -0.267. The molecule has 0 atom stereocenters. The quantitative estimate of drug-likeness (QED) is 0.514. The lowest BCUT2D eigenvalue weighted by molar-refractivity contribution is -0.118. The van der Waals surface area contributed by atoms with Crippen molar-refractivity contribution in [3.63, 3.8) is 0 Å². The average molecular weight is 216 g/mol. The Kier molecular flexibility index (Phi) is 8.76. The van der Waals surface area contributed by atoms with Crippen LogP contribution in [-0.2, 0) is 14.3 Å². The van der Waals surface area contributed by atoms with Crippen LogP contribution in [0.3, 0.4) is 0 Å². The van der Waals surface area contributed by atoms with E-state index in [9.17, 15) is 9.59 Å². The summed E-state index contributed by atoms with van der Waals surface area (Å²) in [5, 5.41) is 0. The third kappa shape index (κ3) is 12.9. The molecule has 0 saturated carbocycles. The molecule has 2 amide bonds. The predicted octanol–water partition coefficient (Wildman–Crippen LogP) is 0.314. The number of rotatable bonds is 10. The van der Waals surface area contributed by atoms with Crippen molar-refractivity contribution in [2.24, 2.45) is 11.5 Å². The molecule has 0 radical (unpaired) electrons. The van der Waals surface area contributed by atoms with E-state index in [1.807, 2.05) is 0 Å². The lowest BCUT2D eigenvalue weighted by Gasteiger charge is -2.02. The van der Waals surface area contributed by atoms with E-state index < -0.39 is 0 Å². The van der Waals surface area contributed by atoms with E-state index in [0.717, 1.165) is 25.7 Å². The molecule has 0 saturated heterocycles. The van der Waals surface area contributed by atoms with Crippen LogP contribution in [0.25, 0.3) is 0 Å². The normalized spacial score (nSPS) is 10.1. The van der Waals surface area contributed by atoms with Crippen molar-refractivity contribution < 1.29 is 14.3 Å². The van der Waals surface area contributed by atoms with E-state index in [1.54, 1.807) is 0 Å². The van der Waals surface area contributed by atoms with Crippen molar-refractivity contribution in [3.8, 4) is 0 Å². The van der Waals surface area contributed by atoms with Crippen molar-refractivity contribution in [1.29, 1.82) is 0 Å². The third-order valence-corrected chi connectivity index (χ3v) is 1.92. The Labute approximate surface area is 90.1 Å². The summed E-state index contributed by atoms with van der Waals surface area (Å²) in [6.45, 7) is 1.29. The van der Waals surface area contributed by atoms with E-state index in [-0.39, 0.29) is 11.8 Å². The minimum Gasteiger partial charge on any atom is -0.381 e. The van der Waals surface area contributed by atoms with Gasteiger partial charge in [-0.15, -0.1) is 0 Å². The summed E-state index contributed by atoms with van der Waals surface area (Å²) < 4.78 is 5.29. The van der Waals surface area contributed by atoms with E-state index in [0.29, 0.717) is 26.1 Å². The maximum Gasteiger partial charge on any atom is 0.217 e. The summed E-state index contributed by atoms with van der Waals surface area (Å²) in [6.07, 6.45) is 4.08. The fourth-order valence-corrected chi connectivity index (χ4v) is 1.11. The molecule has 5 heteroatoms. The zero-order chi connectivity index (χ0) is 11.5. The molecule has 5 nitrogen and oxygen atoms in total. The van der Waals surface area contributed by atoms with Crippen molar-refractivity contribution in [1.82, 2.24) is 0 Å². The number of carbonyl (C=O) groups excluding carboxylic acids is 2. The van der Waals surface area contributed by atoms with Crippen molar-refractivity contribution in [2.75, 3.05) is 13.2 Å². The first-order valence-electron chi connectivity index (χ1n) is 5.27. The number of hydrogen-bond donors (Lipinski definition) is 2. The number of hydrogen-bond acceptors (Lipinski definition) is 3. The van der Waals surface area contributed by atoms with Crippen LogP contribution in [0.5, 0.6) is 0 Å². The Bertz CT molecular complexity index is 175. The lowest BCUT2D eigenvalue weighted by Crippen LogP contribution is -2.11. The monoisotopic (exact) mass is 216 g/mol. The van der Waals surface area contributed by atoms with Gasteiger partial charge in [0, 0.05) is 26.1 Å². The molecule has 0 aromatic heterocycles. The van der Waals surface area contributed by atoms with Crippen molar-refractivity contribution in [2.45, 2.75) is 38.5 Å². The van der Waals surface area contributed by atoms with E-state index >= 15 is 0 Å². The van der Waals surface area contributed by atoms with E-state index in [4.69, 9.17) is 16.2 Å². The summed E-state index contributed by atoms with van der Waals surface area (Å²) in [5.41, 5.74) is 9.96. The topological polar surface area (TPSA) is 95.4 Å². The standard InChI is InChI=1S/C10H20N2O3/c11-9(13)5-1-3-7-15-8-4-2-6-10(12)14/h1-8H2,(H2,11,13)(H2,12,14). The molecular weight excluding hydrogens is 196 g/mol. The molecule has 0 aliphatic heterocycles. The Morgan fingerprint density at radius 2 is 1.20 bits per heavy atom. The van der Waals surface area contributed by atoms with Gasteiger partial charge in [-0.3, -0.25) is 9.59 Å². The van der Waals surface area contributed by atoms with Gasteiger partial charge < -0.3 is 16.2 Å². The van der Waals surface area contributed by atoms with E-state index in [1.165, 1.54) is 0 Å². The lowest BCUT2D eigenvalue weighted by atomic mass is 10.2. The highest BCUT2D eigenvalue weighted by Gasteiger charge is 1.96. The molecular formula is C10H20N2O3.